The third kappa shape index (κ3) is 6.05. The molecule has 4 heterocycles. The minimum Gasteiger partial charge on any atom is -0.465 e. The first-order valence-electron chi connectivity index (χ1n) is 15.8. The fourth-order valence-corrected chi connectivity index (χ4v) is 7.70. The van der Waals surface area contributed by atoms with Crippen LogP contribution >= 0.6 is 0 Å². The maximum atomic E-state index is 14.7. The van der Waals surface area contributed by atoms with E-state index < -0.39 is 41.1 Å². The lowest BCUT2D eigenvalue weighted by Crippen LogP contribution is -2.59. The van der Waals surface area contributed by atoms with Crippen molar-refractivity contribution in [3.05, 3.63) is 25.3 Å². The number of aliphatic hydroxyl groups excluding tert-OH is 1. The van der Waals surface area contributed by atoms with Crippen molar-refractivity contribution in [2.24, 2.45) is 17.8 Å². The Labute approximate surface area is 251 Å². The summed E-state index contributed by atoms with van der Waals surface area (Å²) in [5, 5.41) is 10.5. The predicted molar refractivity (Wildman–Crippen MR) is 158 cm³/mol. The number of ether oxygens (including phenoxy) is 3. The molecule has 42 heavy (non-hydrogen) atoms. The molecule has 0 saturated carbocycles. The van der Waals surface area contributed by atoms with E-state index in [1.54, 1.807) is 22.0 Å². The van der Waals surface area contributed by atoms with Crippen LogP contribution in [-0.2, 0) is 28.6 Å². The summed E-state index contributed by atoms with van der Waals surface area (Å²) >= 11 is 0. The number of amides is 2. The second-order valence-electron chi connectivity index (χ2n) is 12.7. The largest absolute Gasteiger partial charge is 0.465 e. The smallest absolute Gasteiger partial charge is 0.312 e. The fraction of sp³-hybridized carbons (Fsp3) is 0.781. The quantitative estimate of drug-likeness (QED) is 0.166. The van der Waals surface area contributed by atoms with E-state index in [4.69, 9.17) is 14.2 Å². The molecule has 4 aliphatic rings. The standard InChI is InChI=1S/C32H51N3O7/c1-6-9-10-18-41-30(39)26-25-28(37)35(24(22-36)21-23(4)5)27(32(25)12-11-31(26,8-3)42-32)29(38)34(13-7-2)15-14-33-16-19-40-20-17-33/h6-7,23-27,36H,1-2,8-22H2,3-5H3/t24-,25+,26-,27?,31+,32?/m1/s1. The van der Waals surface area contributed by atoms with Gasteiger partial charge in [0.1, 0.15) is 17.6 Å². The van der Waals surface area contributed by atoms with Gasteiger partial charge in [0, 0.05) is 32.7 Å². The Bertz CT molecular complexity index is 999. The van der Waals surface area contributed by atoms with Gasteiger partial charge in [-0.2, -0.15) is 0 Å². The average molecular weight is 590 g/mol. The molecule has 2 amide bonds. The van der Waals surface area contributed by atoms with Gasteiger partial charge in [-0.1, -0.05) is 32.9 Å². The molecular formula is C32H51N3O7. The van der Waals surface area contributed by atoms with Crippen molar-refractivity contribution in [1.82, 2.24) is 14.7 Å². The summed E-state index contributed by atoms with van der Waals surface area (Å²) in [6.07, 6.45) is 6.99. The van der Waals surface area contributed by atoms with Gasteiger partial charge in [-0.3, -0.25) is 19.3 Å². The SMILES string of the molecule is C=CCCCOC(=O)[C@H]1[C@H]2C(=O)N([C@@H](CO)CC(C)C)C(C(=O)N(CC=C)CCN3CCOCC3)C23CC[C@]1(CC)O3. The average Bonchev–Trinajstić information content (AvgIpc) is 3.59. The second kappa shape index (κ2) is 14.0. The zero-order valence-electron chi connectivity index (χ0n) is 25.8. The Hall–Kier alpha value is -2.27. The number of morpholine rings is 1. The third-order valence-electron chi connectivity index (χ3n) is 9.70. The number of carbonyl (C=O) groups is 3. The van der Waals surface area contributed by atoms with Gasteiger partial charge in [-0.25, -0.2) is 0 Å². The maximum Gasteiger partial charge on any atom is 0.312 e. The summed E-state index contributed by atoms with van der Waals surface area (Å²) in [4.78, 5) is 48.5. The number of unbranched alkanes of at least 4 members (excludes halogenated alkanes) is 1. The number of esters is 1. The third-order valence-corrected chi connectivity index (χ3v) is 9.70. The van der Waals surface area contributed by atoms with Crippen molar-refractivity contribution >= 4 is 17.8 Å². The molecule has 4 rings (SSSR count). The van der Waals surface area contributed by atoms with Crippen LogP contribution in [0.3, 0.4) is 0 Å². The van der Waals surface area contributed by atoms with Crippen molar-refractivity contribution in [3.8, 4) is 0 Å². The summed E-state index contributed by atoms with van der Waals surface area (Å²) in [5.74, 6) is -2.39. The first-order valence-corrected chi connectivity index (χ1v) is 15.8. The van der Waals surface area contributed by atoms with E-state index in [2.05, 4.69) is 18.1 Å². The molecule has 4 aliphatic heterocycles. The minimum atomic E-state index is -1.15. The van der Waals surface area contributed by atoms with E-state index in [1.807, 2.05) is 20.8 Å². The summed E-state index contributed by atoms with van der Waals surface area (Å²) in [6.45, 7) is 18.0. The normalized spacial score (nSPS) is 31.3. The predicted octanol–water partition coefficient (Wildman–Crippen LogP) is 2.40. The zero-order valence-corrected chi connectivity index (χ0v) is 25.8. The zero-order chi connectivity index (χ0) is 30.5. The van der Waals surface area contributed by atoms with Crippen molar-refractivity contribution < 1.29 is 33.7 Å². The van der Waals surface area contributed by atoms with E-state index in [1.165, 1.54) is 0 Å². The molecule has 0 aromatic rings. The lowest BCUT2D eigenvalue weighted by molar-refractivity contribution is -0.164. The Kier molecular flexibility index (Phi) is 10.9. The molecule has 2 unspecified atom stereocenters. The van der Waals surface area contributed by atoms with E-state index in [9.17, 15) is 19.5 Å². The second-order valence-corrected chi connectivity index (χ2v) is 12.7. The molecule has 10 nitrogen and oxygen atoms in total. The highest BCUT2D eigenvalue weighted by Gasteiger charge is 2.79. The number of carbonyl (C=O) groups excluding carboxylic acids is 3. The molecular weight excluding hydrogens is 538 g/mol. The molecule has 0 aliphatic carbocycles. The van der Waals surface area contributed by atoms with Gasteiger partial charge in [0.2, 0.25) is 11.8 Å². The summed E-state index contributed by atoms with van der Waals surface area (Å²) in [7, 11) is 0. The van der Waals surface area contributed by atoms with Gasteiger partial charge in [0.05, 0.1) is 44.0 Å². The number of rotatable bonds is 16. The molecule has 236 valence electrons. The van der Waals surface area contributed by atoms with Crippen molar-refractivity contribution in [3.63, 3.8) is 0 Å². The first-order chi connectivity index (χ1) is 20.2. The molecule has 4 fully saturated rings. The Morgan fingerprint density at radius 1 is 1.21 bits per heavy atom. The molecule has 1 N–H and O–H groups in total. The number of fused-ring (bicyclic) bond motifs is 1. The highest BCUT2D eigenvalue weighted by atomic mass is 16.6. The van der Waals surface area contributed by atoms with E-state index in [-0.39, 0.29) is 30.9 Å². The maximum absolute atomic E-state index is 14.7. The topological polar surface area (TPSA) is 109 Å². The van der Waals surface area contributed by atoms with E-state index in [0.29, 0.717) is 65.0 Å². The first kappa shape index (κ1) is 32.6. The molecule has 0 aromatic heterocycles. The molecule has 0 radical (unpaired) electrons. The van der Waals surface area contributed by atoms with Crippen molar-refractivity contribution in [1.29, 1.82) is 0 Å². The lowest BCUT2D eigenvalue weighted by atomic mass is 9.65. The molecule has 1 spiro atoms. The minimum absolute atomic E-state index is 0.180. The molecule has 2 bridgehead atoms. The Balaban J connectivity index is 1.70. The Morgan fingerprint density at radius 2 is 1.95 bits per heavy atom. The van der Waals surface area contributed by atoms with Crippen molar-refractivity contribution in [2.45, 2.75) is 82.6 Å². The van der Waals surface area contributed by atoms with Crippen LogP contribution in [0.4, 0.5) is 0 Å². The van der Waals surface area contributed by atoms with Gasteiger partial charge >= 0.3 is 5.97 Å². The monoisotopic (exact) mass is 589 g/mol. The number of allylic oxidation sites excluding steroid dienone is 1. The van der Waals surface area contributed by atoms with Crippen LogP contribution in [0.5, 0.6) is 0 Å². The lowest BCUT2D eigenvalue weighted by Gasteiger charge is -2.40. The fourth-order valence-electron chi connectivity index (χ4n) is 7.70. The molecule has 4 saturated heterocycles. The van der Waals surface area contributed by atoms with Crippen LogP contribution in [0.15, 0.2) is 25.3 Å². The van der Waals surface area contributed by atoms with Gasteiger partial charge in [0.15, 0.2) is 0 Å². The van der Waals surface area contributed by atoms with Crippen molar-refractivity contribution in [2.75, 3.05) is 59.2 Å². The van der Waals surface area contributed by atoms with Crippen LogP contribution in [0.2, 0.25) is 0 Å². The van der Waals surface area contributed by atoms with Gasteiger partial charge in [-0.05, 0) is 44.4 Å². The van der Waals surface area contributed by atoms with Crippen LogP contribution < -0.4 is 0 Å². The van der Waals surface area contributed by atoms with E-state index >= 15 is 0 Å². The van der Waals surface area contributed by atoms with Gasteiger partial charge in [0.25, 0.3) is 0 Å². The summed E-state index contributed by atoms with van der Waals surface area (Å²) in [5.41, 5.74) is -2.01. The number of nitrogens with zero attached hydrogens (tertiary/aromatic N) is 3. The van der Waals surface area contributed by atoms with Crippen LogP contribution in [-0.4, -0.2) is 120 Å². The van der Waals surface area contributed by atoms with E-state index in [0.717, 1.165) is 19.5 Å². The van der Waals surface area contributed by atoms with Gasteiger partial charge in [-0.15, -0.1) is 13.2 Å². The molecule has 6 atom stereocenters. The summed E-state index contributed by atoms with van der Waals surface area (Å²) in [6, 6.07) is -1.51. The number of hydrogen-bond acceptors (Lipinski definition) is 8. The number of hydrogen-bond donors (Lipinski definition) is 1. The highest BCUT2D eigenvalue weighted by Crippen LogP contribution is 2.65. The van der Waals surface area contributed by atoms with Crippen LogP contribution in [0.25, 0.3) is 0 Å². The molecule has 0 aromatic carbocycles. The van der Waals surface area contributed by atoms with Crippen LogP contribution in [0, 0.1) is 17.8 Å². The van der Waals surface area contributed by atoms with Gasteiger partial charge < -0.3 is 29.1 Å². The number of aliphatic hydroxyl groups is 1. The summed E-state index contributed by atoms with van der Waals surface area (Å²) < 4.78 is 18.1. The number of likely N-dealkylation sites (tertiary alicyclic amines) is 1. The molecule has 10 heteroatoms. The van der Waals surface area contributed by atoms with Crippen LogP contribution in [0.1, 0.15) is 59.3 Å². The Morgan fingerprint density at radius 3 is 2.57 bits per heavy atom. The highest BCUT2D eigenvalue weighted by molar-refractivity contribution is 5.98.